The van der Waals surface area contributed by atoms with Crippen molar-refractivity contribution in [3.05, 3.63) is 23.5 Å². The summed E-state index contributed by atoms with van der Waals surface area (Å²) in [5.41, 5.74) is 1.19. The number of anilines is 1. The van der Waals surface area contributed by atoms with E-state index in [4.69, 9.17) is 11.6 Å². The smallest absolute Gasteiger partial charge is 0.0822 e. The van der Waals surface area contributed by atoms with E-state index < -0.39 is 0 Å². The van der Waals surface area contributed by atoms with Gasteiger partial charge in [0, 0.05) is 25.0 Å². The van der Waals surface area contributed by atoms with Crippen molar-refractivity contribution >= 4 is 17.3 Å². The molecule has 0 bridgehead atoms. The summed E-state index contributed by atoms with van der Waals surface area (Å²) in [6, 6.07) is 2.79. The Balaban J connectivity index is 1.88. The second-order valence-corrected chi connectivity index (χ2v) is 5.33. The van der Waals surface area contributed by atoms with Gasteiger partial charge in [-0.1, -0.05) is 24.4 Å². The van der Waals surface area contributed by atoms with Crippen molar-refractivity contribution in [2.45, 2.75) is 38.1 Å². The van der Waals surface area contributed by atoms with Gasteiger partial charge >= 0.3 is 0 Å². The van der Waals surface area contributed by atoms with Crippen LogP contribution in [0.3, 0.4) is 0 Å². The van der Waals surface area contributed by atoms with Crippen LogP contribution < -0.4 is 4.90 Å². The number of hydrogen-bond acceptors (Lipinski definition) is 2. The first kappa shape index (κ1) is 10.4. The van der Waals surface area contributed by atoms with Crippen LogP contribution in [0.4, 0.5) is 5.69 Å². The highest BCUT2D eigenvalue weighted by molar-refractivity contribution is 6.33. The van der Waals surface area contributed by atoms with Crippen LogP contribution in [-0.4, -0.2) is 17.6 Å². The fourth-order valence-corrected chi connectivity index (χ4v) is 3.53. The number of nitrogens with zero attached hydrogens (tertiary/aromatic N) is 2. The molecule has 1 saturated carbocycles. The molecule has 1 aromatic rings. The fraction of sp³-hybridized carbons (Fsp3) is 0.615. The average molecular weight is 237 g/mol. The zero-order chi connectivity index (χ0) is 11.0. The van der Waals surface area contributed by atoms with Crippen LogP contribution in [0.15, 0.2) is 18.5 Å². The van der Waals surface area contributed by atoms with Crippen LogP contribution in [-0.2, 0) is 0 Å². The van der Waals surface area contributed by atoms with Gasteiger partial charge in [-0.2, -0.15) is 0 Å². The molecular formula is C13H17ClN2. The lowest BCUT2D eigenvalue weighted by atomic mass is 9.85. The Bertz CT molecular complexity index is 380. The normalized spacial score (nSPS) is 29.2. The van der Waals surface area contributed by atoms with Gasteiger partial charge in [0.15, 0.2) is 0 Å². The molecule has 2 fully saturated rings. The lowest BCUT2D eigenvalue weighted by Crippen LogP contribution is -2.34. The third kappa shape index (κ3) is 1.69. The van der Waals surface area contributed by atoms with Crippen molar-refractivity contribution in [1.82, 2.24) is 4.98 Å². The van der Waals surface area contributed by atoms with Crippen molar-refractivity contribution in [1.29, 1.82) is 0 Å². The minimum Gasteiger partial charge on any atom is -0.367 e. The third-order valence-electron chi connectivity index (χ3n) is 4.07. The molecule has 86 valence electrons. The summed E-state index contributed by atoms with van der Waals surface area (Å²) >= 11 is 6.23. The van der Waals surface area contributed by atoms with Gasteiger partial charge in [-0.15, -0.1) is 0 Å². The van der Waals surface area contributed by atoms with Gasteiger partial charge in [0.05, 0.1) is 10.7 Å². The molecule has 2 unspecified atom stereocenters. The van der Waals surface area contributed by atoms with E-state index in [0.29, 0.717) is 0 Å². The molecule has 1 saturated heterocycles. The molecule has 16 heavy (non-hydrogen) atoms. The summed E-state index contributed by atoms with van der Waals surface area (Å²) in [4.78, 5) is 6.57. The van der Waals surface area contributed by atoms with E-state index in [-0.39, 0.29) is 0 Å². The van der Waals surface area contributed by atoms with Gasteiger partial charge in [0.1, 0.15) is 0 Å². The summed E-state index contributed by atoms with van der Waals surface area (Å²) in [5, 5.41) is 0.800. The maximum absolute atomic E-state index is 6.23. The second-order valence-electron chi connectivity index (χ2n) is 4.92. The van der Waals surface area contributed by atoms with Gasteiger partial charge in [0.25, 0.3) is 0 Å². The Hall–Kier alpha value is -0.760. The Morgan fingerprint density at radius 3 is 3.00 bits per heavy atom. The van der Waals surface area contributed by atoms with Crippen molar-refractivity contribution < 1.29 is 0 Å². The number of aromatic nitrogens is 1. The Kier molecular flexibility index (Phi) is 2.76. The Morgan fingerprint density at radius 1 is 1.25 bits per heavy atom. The third-order valence-corrected chi connectivity index (χ3v) is 4.36. The Morgan fingerprint density at radius 2 is 2.12 bits per heavy atom. The molecule has 0 spiro atoms. The first-order valence-electron chi connectivity index (χ1n) is 6.22. The molecule has 0 aromatic carbocycles. The minimum absolute atomic E-state index is 0.730. The molecule has 2 nitrogen and oxygen atoms in total. The van der Waals surface area contributed by atoms with E-state index in [1.54, 1.807) is 6.20 Å². The predicted molar refractivity (Wildman–Crippen MR) is 67.0 cm³/mol. The maximum Gasteiger partial charge on any atom is 0.0822 e. The van der Waals surface area contributed by atoms with E-state index in [2.05, 4.69) is 16.0 Å². The van der Waals surface area contributed by atoms with Gasteiger partial charge in [-0.25, -0.2) is 0 Å². The standard InChI is InChI=1S/C13H17ClN2/c14-11-9-15-7-5-13(11)16-8-6-10-3-1-2-4-12(10)16/h5,7,9-10,12H,1-4,6,8H2. The van der Waals surface area contributed by atoms with E-state index in [0.717, 1.165) is 17.0 Å². The Labute approximate surface area is 102 Å². The minimum atomic E-state index is 0.730. The highest BCUT2D eigenvalue weighted by Gasteiger charge is 2.36. The predicted octanol–water partition coefficient (Wildman–Crippen LogP) is 3.50. The molecule has 0 radical (unpaired) electrons. The van der Waals surface area contributed by atoms with Crippen LogP contribution in [0.2, 0.25) is 5.02 Å². The zero-order valence-electron chi connectivity index (χ0n) is 9.40. The maximum atomic E-state index is 6.23. The van der Waals surface area contributed by atoms with Crippen LogP contribution in [0.1, 0.15) is 32.1 Å². The van der Waals surface area contributed by atoms with Crippen molar-refractivity contribution in [2.24, 2.45) is 5.92 Å². The molecule has 3 rings (SSSR count). The molecule has 1 aliphatic heterocycles. The molecule has 2 atom stereocenters. The van der Waals surface area contributed by atoms with Crippen LogP contribution in [0.25, 0.3) is 0 Å². The van der Waals surface area contributed by atoms with Gasteiger partial charge in [0.2, 0.25) is 0 Å². The van der Waals surface area contributed by atoms with Gasteiger partial charge in [-0.3, -0.25) is 4.98 Å². The molecule has 1 aromatic heterocycles. The number of halogens is 1. The van der Waals surface area contributed by atoms with E-state index in [1.165, 1.54) is 44.3 Å². The molecular weight excluding hydrogens is 220 g/mol. The summed E-state index contributed by atoms with van der Waals surface area (Å²) in [7, 11) is 0. The monoisotopic (exact) mass is 236 g/mol. The lowest BCUT2D eigenvalue weighted by molar-refractivity contribution is 0.342. The summed E-state index contributed by atoms with van der Waals surface area (Å²) in [6.07, 6.45) is 10.5. The van der Waals surface area contributed by atoms with E-state index in [1.807, 2.05) is 6.20 Å². The van der Waals surface area contributed by atoms with Crippen LogP contribution >= 0.6 is 11.6 Å². The number of hydrogen-bond donors (Lipinski definition) is 0. The highest BCUT2D eigenvalue weighted by Crippen LogP contribution is 2.40. The van der Waals surface area contributed by atoms with Crippen LogP contribution in [0.5, 0.6) is 0 Å². The lowest BCUT2D eigenvalue weighted by Gasteiger charge is -2.33. The molecule has 2 aliphatic rings. The summed E-state index contributed by atoms with van der Waals surface area (Å²) in [5.74, 6) is 0.901. The quantitative estimate of drug-likeness (QED) is 0.742. The van der Waals surface area contributed by atoms with Crippen molar-refractivity contribution in [3.8, 4) is 0 Å². The summed E-state index contributed by atoms with van der Waals surface area (Å²) in [6.45, 7) is 1.17. The molecule has 1 aliphatic carbocycles. The van der Waals surface area contributed by atoms with Gasteiger partial charge < -0.3 is 4.90 Å². The molecule has 3 heteroatoms. The SMILES string of the molecule is Clc1cnccc1N1CCC2CCCCC21. The highest BCUT2D eigenvalue weighted by atomic mass is 35.5. The average Bonchev–Trinajstić information content (AvgIpc) is 2.74. The van der Waals surface area contributed by atoms with Crippen molar-refractivity contribution in [3.63, 3.8) is 0 Å². The molecule has 2 heterocycles. The first-order chi connectivity index (χ1) is 7.86. The molecule has 0 N–H and O–H groups in total. The second kappa shape index (κ2) is 4.25. The topological polar surface area (TPSA) is 16.1 Å². The molecule has 0 amide bonds. The largest absolute Gasteiger partial charge is 0.367 e. The van der Waals surface area contributed by atoms with Gasteiger partial charge in [-0.05, 0) is 31.2 Å². The number of pyridine rings is 1. The van der Waals surface area contributed by atoms with Crippen molar-refractivity contribution in [2.75, 3.05) is 11.4 Å². The zero-order valence-corrected chi connectivity index (χ0v) is 10.2. The number of rotatable bonds is 1. The van der Waals surface area contributed by atoms with Crippen LogP contribution in [0, 0.1) is 5.92 Å². The van der Waals surface area contributed by atoms with E-state index in [9.17, 15) is 0 Å². The summed E-state index contributed by atoms with van der Waals surface area (Å²) < 4.78 is 0. The first-order valence-corrected chi connectivity index (χ1v) is 6.60. The number of fused-ring (bicyclic) bond motifs is 1. The fourth-order valence-electron chi connectivity index (χ4n) is 3.31. The van der Waals surface area contributed by atoms with E-state index >= 15 is 0 Å².